The van der Waals surface area contributed by atoms with E-state index in [9.17, 15) is 4.79 Å². The number of hydrogen-bond donors (Lipinski definition) is 1. The van der Waals surface area contributed by atoms with Crippen molar-refractivity contribution in [3.05, 3.63) is 0 Å². The monoisotopic (exact) mass is 282 g/mol. The Bertz CT molecular complexity index is 363. The van der Waals surface area contributed by atoms with Crippen LogP contribution in [0.15, 0.2) is 0 Å². The third-order valence-corrected chi connectivity index (χ3v) is 5.27. The summed E-state index contributed by atoms with van der Waals surface area (Å²) in [6, 6.07) is 0.386. The molecule has 1 saturated carbocycles. The summed E-state index contributed by atoms with van der Waals surface area (Å²) in [5.74, 6) is 0.782. The van der Waals surface area contributed by atoms with Crippen molar-refractivity contribution in [3.63, 3.8) is 0 Å². The van der Waals surface area contributed by atoms with E-state index in [1.807, 2.05) is 0 Å². The van der Waals surface area contributed by atoms with Crippen LogP contribution in [0.3, 0.4) is 0 Å². The third kappa shape index (κ3) is 2.64. The van der Waals surface area contributed by atoms with Crippen LogP contribution < -0.4 is 5.73 Å². The summed E-state index contributed by atoms with van der Waals surface area (Å²) < 4.78 is 0. The first-order chi connectivity index (χ1) is 9.01. The van der Waals surface area contributed by atoms with Gasteiger partial charge < -0.3 is 10.6 Å². The summed E-state index contributed by atoms with van der Waals surface area (Å²) in [5.41, 5.74) is 5.39. The van der Waals surface area contributed by atoms with E-state index in [0.29, 0.717) is 16.9 Å². The van der Waals surface area contributed by atoms with Crippen LogP contribution in [0.2, 0.25) is 0 Å². The molecule has 0 aromatic heterocycles. The van der Waals surface area contributed by atoms with Crippen LogP contribution >= 0.6 is 12.2 Å². The summed E-state index contributed by atoms with van der Waals surface area (Å²) in [6.45, 7) is 5.23. The lowest BCUT2D eigenvalue weighted by molar-refractivity contribution is -0.146. The first-order valence-electron chi connectivity index (χ1n) is 7.62. The molecule has 2 aliphatic rings. The molecule has 0 bridgehead atoms. The first kappa shape index (κ1) is 14.8. The molecule has 0 aromatic rings. The highest BCUT2D eigenvalue weighted by Gasteiger charge is 2.53. The maximum absolute atomic E-state index is 13.0. The summed E-state index contributed by atoms with van der Waals surface area (Å²) in [6.07, 6.45) is 7.43. The van der Waals surface area contributed by atoms with Crippen LogP contribution in [0, 0.1) is 11.3 Å². The molecule has 108 valence electrons. The van der Waals surface area contributed by atoms with Gasteiger partial charge in [-0.15, -0.1) is 0 Å². The molecule has 2 rings (SSSR count). The number of nitrogens with two attached hydrogens (primary N) is 1. The van der Waals surface area contributed by atoms with Crippen LogP contribution in [-0.2, 0) is 4.79 Å². The van der Waals surface area contributed by atoms with Gasteiger partial charge >= 0.3 is 0 Å². The fourth-order valence-electron chi connectivity index (χ4n) is 3.76. The van der Waals surface area contributed by atoms with E-state index < -0.39 is 5.41 Å². The minimum absolute atomic E-state index is 0.215. The molecule has 0 spiro atoms. The number of rotatable bonds is 3. The van der Waals surface area contributed by atoms with Gasteiger partial charge in [-0.3, -0.25) is 4.79 Å². The Morgan fingerprint density at radius 2 is 2.05 bits per heavy atom. The molecule has 2 fully saturated rings. The predicted molar refractivity (Wildman–Crippen MR) is 81.9 cm³/mol. The summed E-state index contributed by atoms with van der Waals surface area (Å²) in [5, 5.41) is 0. The van der Waals surface area contributed by atoms with E-state index in [1.165, 1.54) is 12.8 Å². The Morgan fingerprint density at radius 3 is 2.58 bits per heavy atom. The van der Waals surface area contributed by atoms with Gasteiger partial charge in [0.2, 0.25) is 5.91 Å². The maximum Gasteiger partial charge on any atom is 0.235 e. The molecule has 1 aliphatic carbocycles. The molecular formula is C15H26N2OS. The molecule has 1 aliphatic heterocycles. The van der Waals surface area contributed by atoms with Gasteiger partial charge in [0, 0.05) is 12.6 Å². The zero-order chi connectivity index (χ0) is 14.0. The molecular weight excluding hydrogens is 256 g/mol. The Hall–Kier alpha value is -0.640. The Morgan fingerprint density at radius 1 is 1.37 bits per heavy atom. The summed E-state index contributed by atoms with van der Waals surface area (Å²) >= 11 is 5.22. The van der Waals surface area contributed by atoms with E-state index in [-0.39, 0.29) is 5.91 Å². The standard InChI is InChI=1S/C15H26N2OS/c1-3-12-7-5-4-6-8-17(12)14(18)15(13(16)19)9-11(2)10-15/h11-12H,3-10H2,1-2H3,(H2,16,19). The Balaban J connectivity index is 2.18. The lowest BCUT2D eigenvalue weighted by Gasteiger charge is -2.48. The second-order valence-electron chi connectivity index (χ2n) is 6.37. The van der Waals surface area contributed by atoms with E-state index in [1.54, 1.807) is 0 Å². The minimum atomic E-state index is -0.521. The predicted octanol–water partition coefficient (Wildman–Crippen LogP) is 2.87. The summed E-state index contributed by atoms with van der Waals surface area (Å²) in [7, 11) is 0. The van der Waals surface area contributed by atoms with Crippen molar-refractivity contribution >= 4 is 23.1 Å². The normalized spacial score (nSPS) is 35.4. The van der Waals surface area contributed by atoms with Crippen molar-refractivity contribution in [2.24, 2.45) is 17.1 Å². The smallest absolute Gasteiger partial charge is 0.235 e. The highest BCUT2D eigenvalue weighted by atomic mass is 32.1. The molecule has 0 radical (unpaired) electrons. The molecule has 1 atom stereocenters. The van der Waals surface area contributed by atoms with E-state index >= 15 is 0 Å². The minimum Gasteiger partial charge on any atom is -0.392 e. The van der Waals surface area contributed by atoms with Gasteiger partial charge in [0.05, 0.1) is 10.4 Å². The Labute approximate surface area is 121 Å². The molecule has 19 heavy (non-hydrogen) atoms. The van der Waals surface area contributed by atoms with Crippen molar-refractivity contribution in [2.45, 2.75) is 64.8 Å². The maximum atomic E-state index is 13.0. The molecule has 1 amide bonds. The average molecular weight is 282 g/mol. The fraction of sp³-hybridized carbons (Fsp3) is 0.867. The highest BCUT2D eigenvalue weighted by Crippen LogP contribution is 2.47. The molecule has 3 nitrogen and oxygen atoms in total. The number of carbonyl (C=O) groups is 1. The van der Waals surface area contributed by atoms with Gasteiger partial charge in [0.1, 0.15) is 0 Å². The quantitative estimate of drug-likeness (QED) is 0.810. The summed E-state index contributed by atoms with van der Waals surface area (Å²) in [4.78, 5) is 15.5. The second kappa shape index (κ2) is 5.78. The second-order valence-corrected chi connectivity index (χ2v) is 6.81. The van der Waals surface area contributed by atoms with E-state index in [4.69, 9.17) is 18.0 Å². The largest absolute Gasteiger partial charge is 0.392 e. The van der Waals surface area contributed by atoms with Crippen molar-refractivity contribution in [1.29, 1.82) is 0 Å². The molecule has 4 heteroatoms. The highest BCUT2D eigenvalue weighted by molar-refractivity contribution is 7.80. The SMILES string of the molecule is CCC1CCCCCN1C(=O)C1(C(N)=S)CC(C)C1. The van der Waals surface area contributed by atoms with Gasteiger partial charge in [-0.1, -0.05) is 38.9 Å². The first-order valence-corrected chi connectivity index (χ1v) is 8.03. The van der Waals surface area contributed by atoms with Gasteiger partial charge in [-0.25, -0.2) is 0 Å². The lowest BCUT2D eigenvalue weighted by Crippen LogP contribution is -2.58. The van der Waals surface area contributed by atoms with Gasteiger partial charge in [0.25, 0.3) is 0 Å². The molecule has 1 unspecified atom stereocenters. The van der Waals surface area contributed by atoms with E-state index in [2.05, 4.69) is 18.7 Å². The van der Waals surface area contributed by atoms with Gasteiger partial charge in [-0.2, -0.15) is 0 Å². The van der Waals surface area contributed by atoms with Crippen molar-refractivity contribution < 1.29 is 4.79 Å². The molecule has 0 aromatic carbocycles. The van der Waals surface area contributed by atoms with Crippen LogP contribution in [0.1, 0.15) is 58.8 Å². The average Bonchev–Trinajstić information content (AvgIpc) is 2.58. The number of hydrogen-bond acceptors (Lipinski definition) is 2. The zero-order valence-corrected chi connectivity index (χ0v) is 13.0. The number of carbonyl (C=O) groups excluding carboxylic acids is 1. The number of likely N-dealkylation sites (tertiary alicyclic amines) is 1. The molecule has 1 saturated heterocycles. The van der Waals surface area contributed by atoms with Crippen molar-refractivity contribution in [1.82, 2.24) is 4.90 Å². The fourth-order valence-corrected chi connectivity index (χ4v) is 4.01. The van der Waals surface area contributed by atoms with Crippen LogP contribution in [0.4, 0.5) is 0 Å². The van der Waals surface area contributed by atoms with Crippen molar-refractivity contribution in [2.75, 3.05) is 6.54 Å². The zero-order valence-electron chi connectivity index (χ0n) is 12.2. The Kier molecular flexibility index (Phi) is 4.49. The topological polar surface area (TPSA) is 46.3 Å². The number of amides is 1. The number of nitrogens with zero attached hydrogens (tertiary/aromatic N) is 1. The molecule has 1 heterocycles. The van der Waals surface area contributed by atoms with E-state index in [0.717, 1.165) is 38.6 Å². The van der Waals surface area contributed by atoms with Crippen LogP contribution in [0.25, 0.3) is 0 Å². The number of thiocarbonyl (C=S) groups is 1. The molecule has 2 N–H and O–H groups in total. The van der Waals surface area contributed by atoms with Crippen LogP contribution in [-0.4, -0.2) is 28.4 Å². The van der Waals surface area contributed by atoms with Crippen LogP contribution in [0.5, 0.6) is 0 Å². The van der Waals surface area contributed by atoms with Gasteiger partial charge in [0.15, 0.2) is 0 Å². The van der Waals surface area contributed by atoms with Gasteiger partial charge in [-0.05, 0) is 38.0 Å². The van der Waals surface area contributed by atoms with Crippen molar-refractivity contribution in [3.8, 4) is 0 Å². The third-order valence-electron chi connectivity index (χ3n) is 4.88. The lowest BCUT2D eigenvalue weighted by atomic mass is 9.61.